The molecule has 0 radical (unpaired) electrons. The molecule has 2 rings (SSSR count). The summed E-state index contributed by atoms with van der Waals surface area (Å²) in [6.45, 7) is 2.05. The van der Waals surface area contributed by atoms with Gasteiger partial charge in [-0.15, -0.1) is 0 Å². The molecule has 1 aromatic rings. The predicted octanol–water partition coefficient (Wildman–Crippen LogP) is 3.01. The molecule has 1 saturated carbocycles. The predicted molar refractivity (Wildman–Crippen MR) is 68.4 cm³/mol. The van der Waals surface area contributed by atoms with Crippen molar-refractivity contribution in [1.29, 1.82) is 0 Å². The van der Waals surface area contributed by atoms with E-state index in [1.54, 1.807) is 12.1 Å². The van der Waals surface area contributed by atoms with Gasteiger partial charge in [-0.05, 0) is 18.8 Å². The molecule has 3 nitrogen and oxygen atoms in total. The zero-order valence-corrected chi connectivity index (χ0v) is 10.5. The van der Waals surface area contributed by atoms with Crippen LogP contribution < -0.4 is 0 Å². The molecule has 3 heteroatoms. The number of carboxylic acids is 1. The highest BCUT2D eigenvalue weighted by atomic mass is 16.4. The lowest BCUT2D eigenvalue weighted by Gasteiger charge is -2.14. The molecular formula is C15H18O3. The zero-order chi connectivity index (χ0) is 13.1. The van der Waals surface area contributed by atoms with Crippen LogP contribution in [0, 0.1) is 17.8 Å². The SMILES string of the molecule is CCC1CC(C(=O)O)C(C(=O)c2ccccc2)C1. The lowest BCUT2D eigenvalue weighted by Crippen LogP contribution is -2.25. The summed E-state index contributed by atoms with van der Waals surface area (Å²) < 4.78 is 0. The van der Waals surface area contributed by atoms with Gasteiger partial charge in [0.2, 0.25) is 0 Å². The van der Waals surface area contributed by atoms with E-state index in [4.69, 9.17) is 0 Å². The van der Waals surface area contributed by atoms with Crippen LogP contribution in [0.1, 0.15) is 36.5 Å². The molecule has 1 aliphatic carbocycles. The van der Waals surface area contributed by atoms with Crippen molar-refractivity contribution in [3.63, 3.8) is 0 Å². The van der Waals surface area contributed by atoms with Crippen molar-refractivity contribution in [2.45, 2.75) is 26.2 Å². The molecule has 1 aliphatic rings. The molecule has 0 spiro atoms. The van der Waals surface area contributed by atoms with E-state index in [1.807, 2.05) is 18.2 Å². The second kappa shape index (κ2) is 5.34. The smallest absolute Gasteiger partial charge is 0.307 e. The second-order valence-electron chi connectivity index (χ2n) is 5.03. The van der Waals surface area contributed by atoms with Crippen LogP contribution >= 0.6 is 0 Å². The maximum atomic E-state index is 12.4. The average Bonchev–Trinajstić information content (AvgIpc) is 2.83. The third kappa shape index (κ3) is 2.45. The number of rotatable bonds is 4. The molecular weight excluding hydrogens is 228 g/mol. The molecule has 1 N–H and O–H groups in total. The summed E-state index contributed by atoms with van der Waals surface area (Å²) in [7, 11) is 0. The third-order valence-electron chi connectivity index (χ3n) is 3.95. The Hall–Kier alpha value is -1.64. The van der Waals surface area contributed by atoms with Gasteiger partial charge in [0, 0.05) is 11.5 Å². The molecule has 3 unspecified atom stereocenters. The van der Waals surface area contributed by atoms with Crippen molar-refractivity contribution in [1.82, 2.24) is 0 Å². The Morgan fingerprint density at radius 1 is 1.17 bits per heavy atom. The van der Waals surface area contributed by atoms with E-state index in [0.717, 1.165) is 6.42 Å². The first kappa shape index (κ1) is 12.8. The lowest BCUT2D eigenvalue weighted by molar-refractivity contribution is -0.142. The first-order chi connectivity index (χ1) is 8.63. The molecule has 0 aromatic heterocycles. The molecule has 0 saturated heterocycles. The monoisotopic (exact) mass is 246 g/mol. The topological polar surface area (TPSA) is 54.4 Å². The van der Waals surface area contributed by atoms with Gasteiger partial charge >= 0.3 is 5.97 Å². The Balaban J connectivity index is 2.21. The maximum absolute atomic E-state index is 12.4. The summed E-state index contributed by atoms with van der Waals surface area (Å²) in [5.74, 6) is -1.35. The molecule has 18 heavy (non-hydrogen) atoms. The number of Topliss-reactive ketones (excluding diaryl/α,β-unsaturated/α-hetero) is 1. The van der Waals surface area contributed by atoms with Crippen LogP contribution in [-0.2, 0) is 4.79 Å². The summed E-state index contributed by atoms with van der Waals surface area (Å²) in [4.78, 5) is 23.6. The van der Waals surface area contributed by atoms with Crippen LogP contribution in [0.2, 0.25) is 0 Å². The fourth-order valence-corrected chi connectivity index (χ4v) is 2.86. The summed E-state index contributed by atoms with van der Waals surface area (Å²) >= 11 is 0. The van der Waals surface area contributed by atoms with Gasteiger partial charge in [0.1, 0.15) is 0 Å². The average molecular weight is 246 g/mol. The number of benzene rings is 1. The normalized spacial score (nSPS) is 27.1. The van der Waals surface area contributed by atoms with E-state index in [2.05, 4.69) is 6.92 Å². The Morgan fingerprint density at radius 2 is 1.78 bits per heavy atom. The first-order valence-electron chi connectivity index (χ1n) is 6.45. The molecule has 0 bridgehead atoms. The van der Waals surface area contributed by atoms with Crippen LogP contribution in [-0.4, -0.2) is 16.9 Å². The summed E-state index contributed by atoms with van der Waals surface area (Å²) in [5.41, 5.74) is 0.630. The second-order valence-corrected chi connectivity index (χ2v) is 5.03. The zero-order valence-electron chi connectivity index (χ0n) is 10.5. The van der Waals surface area contributed by atoms with Crippen LogP contribution in [0.3, 0.4) is 0 Å². The summed E-state index contributed by atoms with van der Waals surface area (Å²) in [6, 6.07) is 9.01. The van der Waals surface area contributed by atoms with Crippen LogP contribution in [0.4, 0.5) is 0 Å². The van der Waals surface area contributed by atoms with E-state index in [0.29, 0.717) is 24.3 Å². The number of hydrogen-bond acceptors (Lipinski definition) is 2. The van der Waals surface area contributed by atoms with Crippen LogP contribution in [0.15, 0.2) is 30.3 Å². The Morgan fingerprint density at radius 3 is 2.33 bits per heavy atom. The third-order valence-corrected chi connectivity index (χ3v) is 3.95. The van der Waals surface area contributed by atoms with E-state index in [1.165, 1.54) is 0 Å². The van der Waals surface area contributed by atoms with Gasteiger partial charge in [-0.3, -0.25) is 9.59 Å². The molecule has 3 atom stereocenters. The van der Waals surface area contributed by atoms with Gasteiger partial charge in [0.25, 0.3) is 0 Å². The Labute approximate surface area is 107 Å². The minimum atomic E-state index is -0.833. The largest absolute Gasteiger partial charge is 0.481 e. The van der Waals surface area contributed by atoms with Crippen LogP contribution in [0.5, 0.6) is 0 Å². The number of carboxylic acid groups (broad SMARTS) is 1. The number of hydrogen-bond donors (Lipinski definition) is 1. The highest BCUT2D eigenvalue weighted by Gasteiger charge is 2.42. The molecule has 1 fully saturated rings. The molecule has 0 amide bonds. The number of ketones is 1. The van der Waals surface area contributed by atoms with Crippen molar-refractivity contribution >= 4 is 11.8 Å². The maximum Gasteiger partial charge on any atom is 0.307 e. The highest BCUT2D eigenvalue weighted by Crippen LogP contribution is 2.40. The molecule has 0 heterocycles. The molecule has 96 valence electrons. The van der Waals surface area contributed by atoms with E-state index in [9.17, 15) is 14.7 Å². The fourth-order valence-electron chi connectivity index (χ4n) is 2.86. The quantitative estimate of drug-likeness (QED) is 0.831. The van der Waals surface area contributed by atoms with Gasteiger partial charge < -0.3 is 5.11 Å². The Bertz CT molecular complexity index is 438. The number of aliphatic carboxylic acids is 1. The van der Waals surface area contributed by atoms with E-state index < -0.39 is 11.9 Å². The van der Waals surface area contributed by atoms with Crippen molar-refractivity contribution in [2.24, 2.45) is 17.8 Å². The van der Waals surface area contributed by atoms with E-state index >= 15 is 0 Å². The van der Waals surface area contributed by atoms with Gasteiger partial charge in [-0.2, -0.15) is 0 Å². The lowest BCUT2D eigenvalue weighted by atomic mass is 9.88. The summed E-state index contributed by atoms with van der Waals surface area (Å²) in [6.07, 6.45) is 2.29. The van der Waals surface area contributed by atoms with Crippen molar-refractivity contribution in [2.75, 3.05) is 0 Å². The van der Waals surface area contributed by atoms with Gasteiger partial charge in [0.15, 0.2) is 5.78 Å². The van der Waals surface area contributed by atoms with Crippen LogP contribution in [0.25, 0.3) is 0 Å². The van der Waals surface area contributed by atoms with E-state index in [-0.39, 0.29) is 11.7 Å². The number of carbonyl (C=O) groups excluding carboxylic acids is 1. The first-order valence-corrected chi connectivity index (χ1v) is 6.45. The van der Waals surface area contributed by atoms with Crippen molar-refractivity contribution in [3.05, 3.63) is 35.9 Å². The standard InChI is InChI=1S/C15H18O3/c1-2-10-8-12(13(9-10)15(17)18)14(16)11-6-4-3-5-7-11/h3-7,10,12-13H,2,8-9H2,1H3,(H,17,18). The van der Waals surface area contributed by atoms with Gasteiger partial charge in [-0.1, -0.05) is 43.7 Å². The summed E-state index contributed by atoms with van der Waals surface area (Å²) in [5, 5.41) is 9.24. The highest BCUT2D eigenvalue weighted by molar-refractivity contribution is 6.00. The van der Waals surface area contributed by atoms with Gasteiger partial charge in [-0.25, -0.2) is 0 Å². The minimum absolute atomic E-state index is 0.0149. The molecule has 0 aliphatic heterocycles. The molecule has 1 aromatic carbocycles. The number of carbonyl (C=O) groups is 2. The van der Waals surface area contributed by atoms with Gasteiger partial charge in [0.05, 0.1) is 5.92 Å². The Kier molecular flexibility index (Phi) is 3.80. The van der Waals surface area contributed by atoms with Crippen molar-refractivity contribution in [3.8, 4) is 0 Å². The van der Waals surface area contributed by atoms with Crippen molar-refractivity contribution < 1.29 is 14.7 Å². The fraction of sp³-hybridized carbons (Fsp3) is 0.467. The minimum Gasteiger partial charge on any atom is -0.481 e.